The predicted octanol–water partition coefficient (Wildman–Crippen LogP) is 8.45. The molecule has 2 aliphatic rings. The lowest BCUT2D eigenvalue weighted by Gasteiger charge is -2.38. The second-order valence-corrected chi connectivity index (χ2v) is 10.2. The molecule has 0 saturated heterocycles. The van der Waals surface area contributed by atoms with Crippen LogP contribution < -0.4 is 5.32 Å². The number of alkyl halides is 3. The SMILES string of the molecule is C=C(CCC1CCC(C2CCC(CCCCC(F)(F)F)CC2)CC1)CNCCCC. The Morgan fingerprint density at radius 2 is 1.40 bits per heavy atom. The lowest BCUT2D eigenvalue weighted by Crippen LogP contribution is -2.26. The molecule has 2 rings (SSSR count). The first-order valence-corrected chi connectivity index (χ1v) is 12.8. The van der Waals surface area contributed by atoms with Crippen LogP contribution in [0.3, 0.4) is 0 Å². The van der Waals surface area contributed by atoms with Gasteiger partial charge in [0.1, 0.15) is 0 Å². The Labute approximate surface area is 183 Å². The zero-order valence-electron chi connectivity index (χ0n) is 19.4. The van der Waals surface area contributed by atoms with Crippen molar-refractivity contribution in [1.29, 1.82) is 0 Å². The summed E-state index contributed by atoms with van der Waals surface area (Å²) < 4.78 is 36.8. The van der Waals surface area contributed by atoms with Gasteiger partial charge in [-0.3, -0.25) is 0 Å². The van der Waals surface area contributed by atoms with E-state index in [1.54, 1.807) is 0 Å². The molecule has 30 heavy (non-hydrogen) atoms. The summed E-state index contributed by atoms with van der Waals surface area (Å²) in [5, 5.41) is 3.50. The molecule has 1 nitrogen and oxygen atoms in total. The fourth-order valence-corrected chi connectivity index (χ4v) is 5.72. The summed E-state index contributed by atoms with van der Waals surface area (Å²) in [5.74, 6) is 3.36. The largest absolute Gasteiger partial charge is 0.389 e. The maximum Gasteiger partial charge on any atom is 0.389 e. The minimum absolute atomic E-state index is 0.314. The molecule has 2 saturated carbocycles. The fraction of sp³-hybridized carbons (Fsp3) is 0.923. The molecule has 0 aromatic rings. The summed E-state index contributed by atoms with van der Waals surface area (Å²) in [4.78, 5) is 0. The first-order valence-electron chi connectivity index (χ1n) is 12.8. The number of rotatable bonds is 13. The molecule has 0 atom stereocenters. The van der Waals surface area contributed by atoms with Crippen LogP contribution in [0.2, 0.25) is 0 Å². The summed E-state index contributed by atoms with van der Waals surface area (Å²) in [7, 11) is 0. The number of hydrogen-bond acceptors (Lipinski definition) is 1. The Balaban J connectivity index is 1.52. The van der Waals surface area contributed by atoms with Gasteiger partial charge in [0.15, 0.2) is 0 Å². The molecule has 0 aromatic carbocycles. The zero-order valence-corrected chi connectivity index (χ0v) is 19.4. The van der Waals surface area contributed by atoms with Crippen molar-refractivity contribution >= 4 is 0 Å². The highest BCUT2D eigenvalue weighted by atomic mass is 19.4. The lowest BCUT2D eigenvalue weighted by molar-refractivity contribution is -0.135. The van der Waals surface area contributed by atoms with E-state index < -0.39 is 12.6 Å². The fourth-order valence-electron chi connectivity index (χ4n) is 5.72. The normalized spacial score (nSPS) is 27.9. The summed E-state index contributed by atoms with van der Waals surface area (Å²) in [6, 6.07) is 0. The van der Waals surface area contributed by atoms with E-state index in [9.17, 15) is 13.2 Å². The van der Waals surface area contributed by atoms with E-state index in [1.807, 2.05) is 0 Å². The Hall–Kier alpha value is -0.510. The lowest BCUT2D eigenvalue weighted by atomic mass is 9.68. The van der Waals surface area contributed by atoms with Gasteiger partial charge in [0.2, 0.25) is 0 Å². The van der Waals surface area contributed by atoms with Crippen molar-refractivity contribution in [2.75, 3.05) is 13.1 Å². The van der Waals surface area contributed by atoms with Crippen molar-refractivity contribution in [2.45, 2.75) is 116 Å². The molecule has 0 aromatic heterocycles. The number of unbranched alkanes of at least 4 members (excludes halogenated alkanes) is 2. The molecule has 0 heterocycles. The van der Waals surface area contributed by atoms with Crippen molar-refractivity contribution in [3.8, 4) is 0 Å². The van der Waals surface area contributed by atoms with E-state index in [0.717, 1.165) is 43.7 Å². The average Bonchev–Trinajstić information content (AvgIpc) is 2.73. The number of hydrogen-bond donors (Lipinski definition) is 1. The van der Waals surface area contributed by atoms with Crippen molar-refractivity contribution in [2.24, 2.45) is 23.7 Å². The Morgan fingerprint density at radius 3 is 1.93 bits per heavy atom. The summed E-state index contributed by atoms with van der Waals surface area (Å²) >= 11 is 0. The molecule has 0 amide bonds. The zero-order chi connectivity index (χ0) is 21.8. The Kier molecular flexibility index (Phi) is 11.8. The van der Waals surface area contributed by atoms with Crippen LogP contribution in [-0.4, -0.2) is 19.3 Å². The molecule has 2 fully saturated rings. The van der Waals surface area contributed by atoms with Gasteiger partial charge in [-0.05, 0) is 81.6 Å². The van der Waals surface area contributed by atoms with Crippen molar-refractivity contribution in [3.63, 3.8) is 0 Å². The average molecular weight is 430 g/mol. The van der Waals surface area contributed by atoms with Gasteiger partial charge >= 0.3 is 6.18 Å². The second-order valence-electron chi connectivity index (χ2n) is 10.2. The molecule has 0 radical (unpaired) electrons. The highest BCUT2D eigenvalue weighted by molar-refractivity contribution is 4.97. The quantitative estimate of drug-likeness (QED) is 0.229. The van der Waals surface area contributed by atoms with Crippen LogP contribution in [0, 0.1) is 23.7 Å². The van der Waals surface area contributed by atoms with Crippen LogP contribution in [0.15, 0.2) is 12.2 Å². The highest BCUT2D eigenvalue weighted by Gasteiger charge is 2.31. The predicted molar refractivity (Wildman–Crippen MR) is 122 cm³/mol. The van der Waals surface area contributed by atoms with Gasteiger partial charge in [0.25, 0.3) is 0 Å². The third kappa shape index (κ3) is 10.7. The molecule has 4 heteroatoms. The van der Waals surface area contributed by atoms with E-state index in [1.165, 1.54) is 82.6 Å². The van der Waals surface area contributed by atoms with Crippen molar-refractivity contribution < 1.29 is 13.2 Å². The van der Waals surface area contributed by atoms with E-state index in [0.29, 0.717) is 12.3 Å². The van der Waals surface area contributed by atoms with Crippen LogP contribution >= 0.6 is 0 Å². The van der Waals surface area contributed by atoms with E-state index in [4.69, 9.17) is 0 Å². The van der Waals surface area contributed by atoms with Gasteiger partial charge in [-0.25, -0.2) is 0 Å². The molecule has 0 spiro atoms. The Bertz CT molecular complexity index is 457. The third-order valence-corrected chi connectivity index (χ3v) is 7.76. The molecular weight excluding hydrogens is 383 g/mol. The molecule has 1 N–H and O–H groups in total. The second kappa shape index (κ2) is 13.8. The van der Waals surface area contributed by atoms with Crippen LogP contribution in [0.1, 0.15) is 110 Å². The first-order chi connectivity index (χ1) is 14.4. The van der Waals surface area contributed by atoms with E-state index >= 15 is 0 Å². The highest BCUT2D eigenvalue weighted by Crippen LogP contribution is 2.43. The molecular formula is C26H46F3N. The van der Waals surface area contributed by atoms with E-state index in [2.05, 4.69) is 18.8 Å². The summed E-state index contributed by atoms with van der Waals surface area (Å²) in [6.45, 7) is 8.56. The minimum atomic E-state index is -3.98. The molecule has 2 aliphatic carbocycles. The smallest absolute Gasteiger partial charge is 0.313 e. The molecule has 0 bridgehead atoms. The monoisotopic (exact) mass is 429 g/mol. The topological polar surface area (TPSA) is 12.0 Å². The maximum atomic E-state index is 12.3. The third-order valence-electron chi connectivity index (χ3n) is 7.76. The number of halogens is 3. The molecule has 0 unspecified atom stereocenters. The van der Waals surface area contributed by atoms with Crippen LogP contribution in [0.25, 0.3) is 0 Å². The van der Waals surface area contributed by atoms with Crippen LogP contribution in [0.4, 0.5) is 13.2 Å². The molecule has 176 valence electrons. The van der Waals surface area contributed by atoms with Gasteiger partial charge in [-0.1, -0.05) is 64.0 Å². The van der Waals surface area contributed by atoms with Gasteiger partial charge in [-0.2, -0.15) is 13.2 Å². The van der Waals surface area contributed by atoms with Gasteiger partial charge < -0.3 is 5.32 Å². The van der Waals surface area contributed by atoms with Gasteiger partial charge in [0.05, 0.1) is 0 Å². The standard InChI is InChI=1S/C26H46F3N/c1-3-4-19-30-20-21(2)8-9-23-12-16-25(17-13-23)24-14-10-22(11-15-24)7-5-6-18-26(27,28)29/h22-25,30H,2-20H2,1H3. The number of nitrogens with one attached hydrogen (secondary N) is 1. The van der Waals surface area contributed by atoms with Gasteiger partial charge in [-0.15, -0.1) is 0 Å². The van der Waals surface area contributed by atoms with Crippen molar-refractivity contribution in [3.05, 3.63) is 12.2 Å². The van der Waals surface area contributed by atoms with Crippen LogP contribution in [-0.2, 0) is 0 Å². The maximum absolute atomic E-state index is 12.3. The Morgan fingerprint density at radius 1 is 0.833 bits per heavy atom. The molecule has 0 aliphatic heterocycles. The summed E-state index contributed by atoms with van der Waals surface area (Å²) in [6.07, 6.45) is 13.2. The van der Waals surface area contributed by atoms with Crippen molar-refractivity contribution in [1.82, 2.24) is 5.32 Å². The van der Waals surface area contributed by atoms with E-state index in [-0.39, 0.29) is 0 Å². The van der Waals surface area contributed by atoms with Gasteiger partial charge in [0, 0.05) is 13.0 Å². The summed E-state index contributed by atoms with van der Waals surface area (Å²) in [5.41, 5.74) is 1.36. The van der Waals surface area contributed by atoms with Crippen LogP contribution in [0.5, 0.6) is 0 Å². The minimum Gasteiger partial charge on any atom is -0.313 e. The first kappa shape index (κ1) is 25.7.